The van der Waals surface area contributed by atoms with Crippen LogP contribution in [0.3, 0.4) is 0 Å². The third-order valence-electron chi connectivity index (χ3n) is 12.9. The number of nitrogens with zero attached hydrogens (tertiary/aromatic N) is 4. The molecule has 0 unspecified atom stereocenters. The van der Waals surface area contributed by atoms with E-state index >= 15 is 0 Å². The number of rotatable bonds is 7. The van der Waals surface area contributed by atoms with Crippen molar-refractivity contribution in [2.24, 2.45) is 0 Å². The van der Waals surface area contributed by atoms with Crippen LogP contribution in [-0.4, -0.2) is 19.1 Å². The molecule has 0 saturated heterocycles. The van der Waals surface area contributed by atoms with E-state index in [4.69, 9.17) is 9.97 Å². The van der Waals surface area contributed by atoms with Gasteiger partial charge in [-0.2, -0.15) is 0 Å². The van der Waals surface area contributed by atoms with Crippen molar-refractivity contribution in [2.75, 3.05) is 0 Å². The quantitative estimate of drug-likeness (QED) is 0.161. The molecule has 0 aliphatic rings. The lowest BCUT2D eigenvalue weighted by atomic mass is 9.98. The third-order valence-corrected chi connectivity index (χ3v) is 12.9. The average Bonchev–Trinajstić information content (AvgIpc) is 3.87. The van der Waals surface area contributed by atoms with Crippen LogP contribution >= 0.6 is 0 Å². The van der Waals surface area contributed by atoms with Crippen LogP contribution in [0.5, 0.6) is 0 Å². The molecule has 0 radical (unpaired) electrons. The summed E-state index contributed by atoms with van der Waals surface area (Å²) in [5.74, 6) is 0. The fraction of sp³-hybridized carbons (Fsp3) is 0.0333. The van der Waals surface area contributed by atoms with Crippen molar-refractivity contribution in [1.29, 1.82) is 0 Å². The Bertz CT molecular complexity index is 3590. The molecule has 12 aromatic rings. The van der Waals surface area contributed by atoms with Gasteiger partial charge in [0.2, 0.25) is 0 Å². The second kappa shape index (κ2) is 15.2. The third kappa shape index (κ3) is 6.30. The van der Waals surface area contributed by atoms with Gasteiger partial charge in [0.05, 0.1) is 33.5 Å². The summed E-state index contributed by atoms with van der Waals surface area (Å²) in [4.78, 5) is 9.85. The van der Waals surface area contributed by atoms with E-state index < -0.39 is 0 Å². The molecule has 0 aliphatic heterocycles. The lowest BCUT2D eigenvalue weighted by molar-refractivity contribution is 1.17. The summed E-state index contributed by atoms with van der Waals surface area (Å²) in [6, 6.07) is 74.4. The predicted octanol–water partition coefficient (Wildman–Crippen LogP) is 15.6. The maximum absolute atomic E-state index is 4.93. The van der Waals surface area contributed by atoms with Gasteiger partial charge >= 0.3 is 0 Å². The first-order valence-electron chi connectivity index (χ1n) is 21.9. The van der Waals surface area contributed by atoms with Gasteiger partial charge in [0, 0.05) is 56.4 Å². The van der Waals surface area contributed by atoms with Gasteiger partial charge in [-0.25, -0.2) is 0 Å². The lowest BCUT2D eigenvalue weighted by Gasteiger charge is -2.14. The minimum absolute atomic E-state index is 0.937. The number of hydrogen-bond acceptors (Lipinski definition) is 2. The number of fused-ring (bicyclic) bond motifs is 6. The molecule has 0 spiro atoms. The van der Waals surface area contributed by atoms with Crippen LogP contribution < -0.4 is 0 Å². The Morgan fingerprint density at radius 2 is 0.750 bits per heavy atom. The highest BCUT2D eigenvalue weighted by Crippen LogP contribution is 2.39. The van der Waals surface area contributed by atoms with E-state index in [1.807, 2.05) is 12.4 Å². The minimum atomic E-state index is 0.937. The molecule has 4 heterocycles. The molecule has 12 rings (SSSR count). The van der Waals surface area contributed by atoms with Crippen LogP contribution in [0.15, 0.2) is 219 Å². The van der Waals surface area contributed by atoms with Gasteiger partial charge in [0.25, 0.3) is 0 Å². The van der Waals surface area contributed by atoms with Crippen molar-refractivity contribution in [3.63, 3.8) is 0 Å². The number of pyridine rings is 2. The summed E-state index contributed by atoms with van der Waals surface area (Å²) in [5, 5.41) is 4.97. The minimum Gasteiger partial charge on any atom is -0.309 e. The number of aryl methyl sites for hydroxylation is 2. The number of hydrogen-bond donors (Lipinski definition) is 0. The maximum Gasteiger partial charge on any atom is 0.0711 e. The summed E-state index contributed by atoms with van der Waals surface area (Å²) in [5.41, 5.74) is 20.4. The smallest absolute Gasteiger partial charge is 0.0711 e. The van der Waals surface area contributed by atoms with E-state index in [0.29, 0.717) is 0 Å². The topological polar surface area (TPSA) is 35.6 Å². The summed E-state index contributed by atoms with van der Waals surface area (Å²) >= 11 is 0. The largest absolute Gasteiger partial charge is 0.309 e. The van der Waals surface area contributed by atoms with Crippen LogP contribution in [-0.2, 0) is 0 Å². The first-order valence-corrected chi connectivity index (χ1v) is 21.9. The van der Waals surface area contributed by atoms with Gasteiger partial charge in [0.1, 0.15) is 0 Å². The highest BCUT2D eigenvalue weighted by atomic mass is 15.0. The van der Waals surface area contributed by atoms with Gasteiger partial charge in [-0.3, -0.25) is 9.97 Å². The van der Waals surface area contributed by atoms with Gasteiger partial charge in [-0.15, -0.1) is 0 Å². The second-order valence-corrected chi connectivity index (χ2v) is 16.8. The maximum atomic E-state index is 4.93. The fourth-order valence-corrected chi connectivity index (χ4v) is 9.74. The first kappa shape index (κ1) is 37.4. The summed E-state index contributed by atoms with van der Waals surface area (Å²) in [6.07, 6.45) is 3.85. The van der Waals surface area contributed by atoms with E-state index in [9.17, 15) is 0 Å². The van der Waals surface area contributed by atoms with Crippen molar-refractivity contribution in [3.05, 3.63) is 230 Å². The Morgan fingerprint density at radius 1 is 0.297 bits per heavy atom. The van der Waals surface area contributed by atoms with Gasteiger partial charge < -0.3 is 9.13 Å². The average molecular weight is 819 g/mol. The lowest BCUT2D eigenvalue weighted by Crippen LogP contribution is -1.97. The van der Waals surface area contributed by atoms with E-state index in [1.165, 1.54) is 71.4 Å². The molecule has 64 heavy (non-hydrogen) atoms. The van der Waals surface area contributed by atoms with Gasteiger partial charge in [-0.1, -0.05) is 121 Å². The number of benzene rings is 8. The highest BCUT2D eigenvalue weighted by Gasteiger charge is 2.18. The van der Waals surface area contributed by atoms with Crippen LogP contribution in [0.4, 0.5) is 0 Å². The zero-order valence-electron chi connectivity index (χ0n) is 35.6. The number of para-hydroxylation sites is 2. The number of aromatic nitrogens is 4. The molecule has 0 saturated carbocycles. The molecule has 0 N–H and O–H groups in total. The molecular formula is C60H42N4. The van der Waals surface area contributed by atoms with E-state index in [-0.39, 0.29) is 0 Å². The summed E-state index contributed by atoms with van der Waals surface area (Å²) < 4.78 is 4.77. The van der Waals surface area contributed by atoms with E-state index in [1.54, 1.807) is 0 Å². The zero-order valence-corrected chi connectivity index (χ0v) is 35.6. The molecule has 0 bridgehead atoms. The van der Waals surface area contributed by atoms with Crippen LogP contribution in [0.2, 0.25) is 0 Å². The Kier molecular flexibility index (Phi) is 8.91. The highest BCUT2D eigenvalue weighted by molar-refractivity contribution is 6.12. The van der Waals surface area contributed by atoms with Gasteiger partial charge in [-0.05, 0) is 143 Å². The normalized spacial score (nSPS) is 11.6. The summed E-state index contributed by atoms with van der Waals surface area (Å²) in [6.45, 7) is 4.36. The second-order valence-electron chi connectivity index (χ2n) is 16.8. The monoisotopic (exact) mass is 818 g/mol. The van der Waals surface area contributed by atoms with Crippen molar-refractivity contribution in [2.45, 2.75) is 13.8 Å². The standard InChI is InChI=1S/C60H42N4/c1-39-21-24-48(64-57-19-11-9-17-50(57)51-18-10-12-20-58(51)64)38-52(39)56-37-46(30-32-62-56)45-29-31-61-55(36-45)49-26-25-47(33-40(49)2)63-59-27-22-43(41-13-5-3-6-14-41)34-53(59)54-35-44(23-28-60(54)63)42-15-7-4-8-16-42/h3-38H,1-2H3. The van der Waals surface area contributed by atoms with Crippen LogP contribution in [0.25, 0.3) is 111 Å². The Labute approximate surface area is 372 Å². The Balaban J connectivity index is 0.910. The zero-order chi connectivity index (χ0) is 42.7. The SMILES string of the molecule is Cc1cc(-n2c3ccc(-c4ccccc4)cc3c3cc(-c4ccccc4)ccc32)ccc1-c1cc(-c2ccnc(-c3cc(-n4c5ccccc5c5ccccc54)ccc3C)c2)ccn1. The van der Waals surface area contributed by atoms with Crippen LogP contribution in [0.1, 0.15) is 11.1 Å². The molecule has 4 aromatic heterocycles. The van der Waals surface area contributed by atoms with Crippen molar-refractivity contribution in [1.82, 2.24) is 19.1 Å². The van der Waals surface area contributed by atoms with Crippen molar-refractivity contribution < 1.29 is 0 Å². The van der Waals surface area contributed by atoms with Crippen LogP contribution in [0, 0.1) is 13.8 Å². The molecule has 0 fully saturated rings. The molecule has 8 aromatic carbocycles. The van der Waals surface area contributed by atoms with Crippen molar-refractivity contribution in [3.8, 4) is 67.3 Å². The molecule has 0 aliphatic carbocycles. The van der Waals surface area contributed by atoms with Crippen molar-refractivity contribution >= 4 is 43.6 Å². The molecule has 0 amide bonds. The Morgan fingerprint density at radius 3 is 1.30 bits per heavy atom. The molecule has 4 heteroatoms. The predicted molar refractivity (Wildman–Crippen MR) is 267 cm³/mol. The first-order chi connectivity index (χ1) is 31.6. The molecule has 302 valence electrons. The molecular weight excluding hydrogens is 777 g/mol. The fourth-order valence-electron chi connectivity index (χ4n) is 9.74. The molecule has 4 nitrogen and oxygen atoms in total. The summed E-state index contributed by atoms with van der Waals surface area (Å²) in [7, 11) is 0. The van der Waals surface area contributed by atoms with Gasteiger partial charge in [0.15, 0.2) is 0 Å². The van der Waals surface area contributed by atoms with E-state index in [0.717, 1.165) is 50.6 Å². The Hall–Kier alpha value is -8.34. The van der Waals surface area contributed by atoms with E-state index in [2.05, 4.69) is 229 Å². The molecule has 0 atom stereocenters.